The van der Waals surface area contributed by atoms with Crippen molar-refractivity contribution in [3.05, 3.63) is 58.1 Å². The van der Waals surface area contributed by atoms with Gasteiger partial charge < -0.3 is 24.2 Å². The molecule has 2 fully saturated rings. The maximum atomic E-state index is 12.0. The molecule has 3 N–H and O–H groups in total. The average molecular weight is 633 g/mol. The van der Waals surface area contributed by atoms with Crippen LogP contribution in [0.2, 0.25) is 5.02 Å². The van der Waals surface area contributed by atoms with Gasteiger partial charge in [-0.3, -0.25) is 0 Å². The van der Waals surface area contributed by atoms with Gasteiger partial charge in [0.25, 0.3) is 0 Å². The molecule has 0 bridgehead atoms. The van der Waals surface area contributed by atoms with Crippen LogP contribution in [-0.4, -0.2) is 69.9 Å². The fourth-order valence-corrected chi connectivity index (χ4v) is 7.92. The Labute approximate surface area is 258 Å². The molecule has 2 aromatic carbocycles. The SMILES string of the molecule is CC(CO[C@H]1CCO[C@H]([C@@H]2CC[C@H]2CN2C[C@@]3(CCCc4cc(Cl)ccc43)COc3ccc(C(=O)O)cc32)C1)S(N)(=O)=O. The molecule has 1 spiro atoms. The van der Waals surface area contributed by atoms with E-state index >= 15 is 0 Å². The number of aromatic carboxylic acids is 1. The Bertz CT molecular complexity index is 1470. The highest BCUT2D eigenvalue weighted by molar-refractivity contribution is 7.89. The number of benzene rings is 2. The predicted molar refractivity (Wildman–Crippen MR) is 165 cm³/mol. The van der Waals surface area contributed by atoms with E-state index in [0.717, 1.165) is 68.7 Å². The summed E-state index contributed by atoms with van der Waals surface area (Å²) >= 11 is 6.38. The second-order valence-electron chi connectivity index (χ2n) is 12.9. The number of nitrogens with zero attached hydrogens (tertiary/aromatic N) is 1. The molecule has 11 heteroatoms. The first-order valence-corrected chi connectivity index (χ1v) is 17.3. The largest absolute Gasteiger partial charge is 0.490 e. The van der Waals surface area contributed by atoms with Crippen LogP contribution in [0.25, 0.3) is 0 Å². The number of rotatable bonds is 8. The third kappa shape index (κ3) is 6.40. The lowest BCUT2D eigenvalue weighted by Gasteiger charge is -2.47. The number of primary sulfonamides is 1. The number of aryl methyl sites for hydroxylation is 1. The van der Waals surface area contributed by atoms with Gasteiger partial charge in [0.2, 0.25) is 10.0 Å². The van der Waals surface area contributed by atoms with Crippen LogP contribution >= 0.6 is 11.6 Å². The zero-order chi connectivity index (χ0) is 30.4. The van der Waals surface area contributed by atoms with Gasteiger partial charge in [0.15, 0.2) is 0 Å². The van der Waals surface area contributed by atoms with Crippen LogP contribution in [-0.2, 0) is 31.3 Å². The van der Waals surface area contributed by atoms with Crippen molar-refractivity contribution in [3.8, 4) is 5.75 Å². The lowest BCUT2D eigenvalue weighted by Crippen LogP contribution is -2.51. The van der Waals surface area contributed by atoms with Crippen LogP contribution in [0.15, 0.2) is 36.4 Å². The lowest BCUT2D eigenvalue weighted by molar-refractivity contribution is -0.116. The Balaban J connectivity index is 1.23. The van der Waals surface area contributed by atoms with E-state index in [2.05, 4.69) is 17.0 Å². The number of halogens is 1. The molecule has 2 aromatic rings. The van der Waals surface area contributed by atoms with Crippen molar-refractivity contribution in [1.29, 1.82) is 0 Å². The third-order valence-corrected chi connectivity index (χ3v) is 11.6. The summed E-state index contributed by atoms with van der Waals surface area (Å²) in [6, 6.07) is 11.4. The number of nitrogens with two attached hydrogens (primary N) is 1. The van der Waals surface area contributed by atoms with Crippen molar-refractivity contribution in [1.82, 2.24) is 0 Å². The van der Waals surface area contributed by atoms with Crippen LogP contribution in [0, 0.1) is 11.8 Å². The summed E-state index contributed by atoms with van der Waals surface area (Å²) in [5.74, 6) is 0.451. The molecule has 1 saturated heterocycles. The molecule has 2 aliphatic heterocycles. The van der Waals surface area contributed by atoms with Crippen LogP contribution in [0.1, 0.15) is 66.9 Å². The molecule has 2 aliphatic carbocycles. The zero-order valence-corrected chi connectivity index (χ0v) is 26.1. The summed E-state index contributed by atoms with van der Waals surface area (Å²) in [5.41, 5.74) is 3.37. The van der Waals surface area contributed by atoms with Gasteiger partial charge in [-0.2, -0.15) is 0 Å². The van der Waals surface area contributed by atoms with Gasteiger partial charge in [-0.25, -0.2) is 18.4 Å². The van der Waals surface area contributed by atoms with E-state index in [9.17, 15) is 18.3 Å². The summed E-state index contributed by atoms with van der Waals surface area (Å²) < 4.78 is 42.0. The summed E-state index contributed by atoms with van der Waals surface area (Å²) in [6.07, 6.45) is 6.52. The molecule has 4 aliphatic rings. The summed E-state index contributed by atoms with van der Waals surface area (Å²) in [5, 5.41) is 15.1. The van der Waals surface area contributed by atoms with E-state index in [4.69, 9.17) is 31.0 Å². The average Bonchev–Trinajstić information content (AvgIpc) is 3.10. The van der Waals surface area contributed by atoms with Gasteiger partial charge in [-0.15, -0.1) is 0 Å². The Morgan fingerprint density at radius 2 is 2.07 bits per heavy atom. The molecule has 0 amide bonds. The Morgan fingerprint density at radius 3 is 2.81 bits per heavy atom. The highest BCUT2D eigenvalue weighted by Gasteiger charge is 2.45. The topological polar surface area (TPSA) is 128 Å². The molecular weight excluding hydrogens is 592 g/mol. The van der Waals surface area contributed by atoms with E-state index in [1.54, 1.807) is 25.1 Å². The van der Waals surface area contributed by atoms with Gasteiger partial charge in [0.05, 0.1) is 41.9 Å². The molecule has 43 heavy (non-hydrogen) atoms. The number of hydrogen-bond acceptors (Lipinski definition) is 7. The van der Waals surface area contributed by atoms with Crippen LogP contribution in [0.4, 0.5) is 5.69 Å². The first-order chi connectivity index (χ1) is 20.5. The number of carboxylic acids is 1. The number of anilines is 1. The monoisotopic (exact) mass is 632 g/mol. The van der Waals surface area contributed by atoms with Crippen molar-refractivity contribution in [2.45, 2.75) is 74.7 Å². The highest BCUT2D eigenvalue weighted by Crippen LogP contribution is 2.47. The second-order valence-corrected chi connectivity index (χ2v) is 15.3. The Morgan fingerprint density at radius 1 is 1.23 bits per heavy atom. The molecule has 0 radical (unpaired) electrons. The van der Waals surface area contributed by atoms with E-state index < -0.39 is 21.2 Å². The first-order valence-electron chi connectivity index (χ1n) is 15.3. The molecular formula is C32H41ClN2O7S. The van der Waals surface area contributed by atoms with Crippen LogP contribution in [0.5, 0.6) is 5.75 Å². The Hall–Kier alpha value is -2.37. The van der Waals surface area contributed by atoms with Crippen molar-refractivity contribution < 1.29 is 32.5 Å². The number of ether oxygens (including phenoxy) is 3. The maximum Gasteiger partial charge on any atom is 0.335 e. The number of fused-ring (bicyclic) bond motifs is 3. The maximum absolute atomic E-state index is 12.0. The van der Waals surface area contributed by atoms with Gasteiger partial charge in [-0.05, 0) is 98.7 Å². The van der Waals surface area contributed by atoms with Gasteiger partial charge in [0.1, 0.15) is 5.75 Å². The summed E-state index contributed by atoms with van der Waals surface area (Å²) in [7, 11) is -3.64. The number of sulfonamides is 1. The minimum absolute atomic E-state index is 0.0295. The van der Waals surface area contributed by atoms with E-state index in [1.165, 1.54) is 11.1 Å². The normalized spacial score (nSPS) is 29.5. The van der Waals surface area contributed by atoms with Gasteiger partial charge >= 0.3 is 5.97 Å². The van der Waals surface area contributed by atoms with E-state index in [-0.39, 0.29) is 29.8 Å². The van der Waals surface area contributed by atoms with Gasteiger partial charge in [0, 0.05) is 36.6 Å². The Kier molecular flexibility index (Phi) is 8.69. The van der Waals surface area contributed by atoms with Crippen molar-refractivity contribution >= 4 is 33.3 Å². The summed E-state index contributed by atoms with van der Waals surface area (Å²) in [6.45, 7) is 4.24. The number of hydrogen-bond donors (Lipinski definition) is 2. The summed E-state index contributed by atoms with van der Waals surface area (Å²) in [4.78, 5) is 14.3. The number of carbonyl (C=O) groups is 1. The molecule has 234 valence electrons. The second kappa shape index (κ2) is 12.2. The molecule has 1 saturated carbocycles. The van der Waals surface area contributed by atoms with Crippen molar-refractivity contribution in [2.24, 2.45) is 17.0 Å². The zero-order valence-electron chi connectivity index (χ0n) is 24.5. The van der Waals surface area contributed by atoms with Crippen molar-refractivity contribution in [2.75, 3.05) is 37.8 Å². The first kappa shape index (κ1) is 30.6. The molecule has 6 rings (SSSR count). The quantitative estimate of drug-likeness (QED) is 0.426. The van der Waals surface area contributed by atoms with Crippen molar-refractivity contribution in [3.63, 3.8) is 0 Å². The third-order valence-electron chi connectivity index (χ3n) is 10.1. The van der Waals surface area contributed by atoms with Crippen LogP contribution < -0.4 is 14.8 Å². The lowest BCUT2D eigenvalue weighted by atomic mass is 9.67. The van der Waals surface area contributed by atoms with E-state index in [1.807, 2.05) is 6.07 Å². The fraction of sp³-hybridized carbons (Fsp3) is 0.594. The van der Waals surface area contributed by atoms with Crippen LogP contribution in [0.3, 0.4) is 0 Å². The smallest absolute Gasteiger partial charge is 0.335 e. The molecule has 1 unspecified atom stereocenters. The van der Waals surface area contributed by atoms with E-state index in [0.29, 0.717) is 30.8 Å². The fourth-order valence-electron chi connectivity index (χ4n) is 7.45. The molecule has 6 atom stereocenters. The number of carboxylic acid groups (broad SMARTS) is 1. The minimum atomic E-state index is -3.64. The molecule has 9 nitrogen and oxygen atoms in total. The minimum Gasteiger partial charge on any atom is -0.490 e. The van der Waals surface area contributed by atoms with Gasteiger partial charge in [-0.1, -0.05) is 17.7 Å². The standard InChI is InChI=1S/C32H41ClN2O7S/c1-20(43(34,38)39)17-41-25-10-12-40-30(15-25)26-7-4-23(26)16-35-18-32(11-2-3-21-13-24(33)6-8-27(21)32)19-42-29-9-5-22(31(36)37)14-28(29)35/h5-6,8-9,13-14,20,23,25-26,30H,2-4,7,10-12,15-19H2,1H3,(H,36,37)(H2,34,38,39)/t20?,23-,25-,26+,30-,32-/m0/s1. The predicted octanol–water partition coefficient (Wildman–Crippen LogP) is 4.78. The highest BCUT2D eigenvalue weighted by atomic mass is 35.5. The molecule has 0 aromatic heterocycles. The molecule has 2 heterocycles.